The third kappa shape index (κ3) is 4.98. The molecule has 1 aliphatic rings. The van der Waals surface area contributed by atoms with Gasteiger partial charge in [0.05, 0.1) is 6.04 Å². The average Bonchev–Trinajstić information content (AvgIpc) is 2.74. The van der Waals surface area contributed by atoms with Gasteiger partial charge in [-0.1, -0.05) is 40.9 Å². The van der Waals surface area contributed by atoms with Crippen LogP contribution in [0.2, 0.25) is 15.1 Å². The van der Waals surface area contributed by atoms with E-state index in [4.69, 9.17) is 34.8 Å². The highest BCUT2D eigenvalue weighted by Crippen LogP contribution is 2.40. The largest absolute Gasteiger partial charge is 0.385 e. The zero-order valence-corrected chi connectivity index (χ0v) is 18.1. The Labute approximate surface area is 186 Å². The lowest BCUT2D eigenvalue weighted by Crippen LogP contribution is -2.40. The molecule has 0 aliphatic carbocycles. The van der Waals surface area contributed by atoms with Gasteiger partial charge in [-0.05, 0) is 72.9 Å². The molecule has 1 fully saturated rings. The second kappa shape index (κ2) is 9.25. The number of halogens is 3. The van der Waals surface area contributed by atoms with E-state index in [9.17, 15) is 0 Å². The lowest BCUT2D eigenvalue weighted by molar-refractivity contribution is 0.372. The summed E-state index contributed by atoms with van der Waals surface area (Å²) in [5.74, 6) is 0.515. The van der Waals surface area contributed by atoms with Gasteiger partial charge in [0.25, 0.3) is 0 Å². The van der Waals surface area contributed by atoms with Crippen molar-refractivity contribution in [1.29, 1.82) is 0 Å². The molecule has 1 aliphatic heterocycles. The van der Waals surface area contributed by atoms with Gasteiger partial charge in [-0.25, -0.2) is 0 Å². The number of hydrogen-bond donors (Lipinski definition) is 1. The maximum Gasteiger partial charge on any atom is 0.0557 e. The Morgan fingerprint density at radius 1 is 0.897 bits per heavy atom. The van der Waals surface area contributed by atoms with Crippen molar-refractivity contribution < 1.29 is 0 Å². The van der Waals surface area contributed by atoms with Crippen LogP contribution in [0.25, 0.3) is 0 Å². The van der Waals surface area contributed by atoms with Crippen molar-refractivity contribution in [2.24, 2.45) is 5.92 Å². The monoisotopic (exact) mass is 445 g/mol. The van der Waals surface area contributed by atoms with Gasteiger partial charge in [0, 0.05) is 51.9 Å². The minimum absolute atomic E-state index is 0.207. The standard InChI is InChI=1S/C23H22Cl3N3/c24-17-2-5-20(6-3-17)29-15-16(14-28-19-9-11-27-12-10-19)1-8-23(29)21-7-4-18(25)13-22(21)26/h2-7,9-13,16,23H,1,8,14-15H2,(H,27,28)/t16-,23?/m0/s1. The molecule has 0 amide bonds. The lowest BCUT2D eigenvalue weighted by atomic mass is 9.88. The van der Waals surface area contributed by atoms with Crippen molar-refractivity contribution in [3.63, 3.8) is 0 Å². The Morgan fingerprint density at radius 3 is 2.34 bits per heavy atom. The summed E-state index contributed by atoms with van der Waals surface area (Å²) in [5.41, 5.74) is 3.37. The molecule has 1 saturated heterocycles. The van der Waals surface area contributed by atoms with E-state index in [1.165, 1.54) is 0 Å². The SMILES string of the molecule is Clc1ccc(N2C[C@H](CNc3ccncc3)CCC2c2ccc(Cl)cc2Cl)cc1. The van der Waals surface area contributed by atoms with Gasteiger partial charge >= 0.3 is 0 Å². The summed E-state index contributed by atoms with van der Waals surface area (Å²) >= 11 is 18.8. The van der Waals surface area contributed by atoms with Crippen LogP contribution in [0.15, 0.2) is 67.0 Å². The molecule has 1 unspecified atom stereocenters. The molecule has 2 heterocycles. The molecule has 29 heavy (non-hydrogen) atoms. The fraction of sp³-hybridized carbons (Fsp3) is 0.261. The van der Waals surface area contributed by atoms with Crippen LogP contribution in [0.3, 0.4) is 0 Å². The van der Waals surface area contributed by atoms with Crippen LogP contribution in [0.4, 0.5) is 11.4 Å². The number of benzene rings is 2. The van der Waals surface area contributed by atoms with Gasteiger partial charge in [-0.3, -0.25) is 4.98 Å². The molecule has 3 nitrogen and oxygen atoms in total. The molecule has 4 rings (SSSR count). The Hall–Kier alpha value is -1.94. The molecule has 2 aromatic carbocycles. The second-order valence-electron chi connectivity index (χ2n) is 7.37. The quantitative estimate of drug-likeness (QED) is 0.452. The summed E-state index contributed by atoms with van der Waals surface area (Å²) in [6, 6.07) is 18.0. The van der Waals surface area contributed by atoms with Gasteiger partial charge in [0.15, 0.2) is 0 Å². The number of nitrogens with zero attached hydrogens (tertiary/aromatic N) is 2. The molecular formula is C23H22Cl3N3. The first-order chi connectivity index (χ1) is 14.1. The first-order valence-corrected chi connectivity index (χ1v) is 10.8. The molecule has 1 N–H and O–H groups in total. The predicted molar refractivity (Wildman–Crippen MR) is 123 cm³/mol. The fourth-order valence-corrected chi connectivity index (χ4v) is 4.62. The van der Waals surface area contributed by atoms with E-state index in [1.807, 2.05) is 54.9 Å². The van der Waals surface area contributed by atoms with E-state index in [-0.39, 0.29) is 6.04 Å². The molecular weight excluding hydrogens is 425 g/mol. The highest BCUT2D eigenvalue weighted by atomic mass is 35.5. The average molecular weight is 447 g/mol. The van der Waals surface area contributed by atoms with Gasteiger partial charge in [0.1, 0.15) is 0 Å². The van der Waals surface area contributed by atoms with Crippen molar-refractivity contribution in [3.8, 4) is 0 Å². The van der Waals surface area contributed by atoms with E-state index in [0.717, 1.165) is 52.9 Å². The van der Waals surface area contributed by atoms with Crippen LogP contribution in [-0.4, -0.2) is 18.1 Å². The van der Waals surface area contributed by atoms with Crippen molar-refractivity contribution >= 4 is 46.2 Å². The third-order valence-electron chi connectivity index (χ3n) is 5.43. The van der Waals surface area contributed by atoms with Crippen LogP contribution in [0, 0.1) is 5.92 Å². The maximum absolute atomic E-state index is 6.57. The Morgan fingerprint density at radius 2 is 1.62 bits per heavy atom. The molecule has 0 saturated carbocycles. The van der Waals surface area contributed by atoms with E-state index >= 15 is 0 Å². The van der Waals surface area contributed by atoms with Crippen LogP contribution in [0.5, 0.6) is 0 Å². The third-order valence-corrected chi connectivity index (χ3v) is 6.25. The first kappa shape index (κ1) is 20.3. The summed E-state index contributed by atoms with van der Waals surface area (Å²) < 4.78 is 0. The van der Waals surface area contributed by atoms with Crippen molar-refractivity contribution in [2.45, 2.75) is 18.9 Å². The number of aromatic nitrogens is 1. The number of hydrogen-bond acceptors (Lipinski definition) is 3. The lowest BCUT2D eigenvalue weighted by Gasteiger charge is -2.42. The summed E-state index contributed by atoms with van der Waals surface area (Å²) in [4.78, 5) is 6.51. The minimum atomic E-state index is 0.207. The van der Waals surface area contributed by atoms with Gasteiger partial charge < -0.3 is 10.2 Å². The van der Waals surface area contributed by atoms with Crippen molar-refractivity contribution in [1.82, 2.24) is 4.98 Å². The Kier molecular flexibility index (Phi) is 6.49. The Balaban J connectivity index is 1.56. The maximum atomic E-state index is 6.57. The van der Waals surface area contributed by atoms with Crippen LogP contribution in [0.1, 0.15) is 24.4 Å². The zero-order chi connectivity index (χ0) is 20.2. The summed E-state index contributed by atoms with van der Waals surface area (Å²) in [5, 5.41) is 5.65. The number of anilines is 2. The zero-order valence-electron chi connectivity index (χ0n) is 15.9. The number of piperidine rings is 1. The summed E-state index contributed by atoms with van der Waals surface area (Å²) in [6.45, 7) is 1.85. The topological polar surface area (TPSA) is 28.2 Å². The van der Waals surface area contributed by atoms with E-state index in [0.29, 0.717) is 10.9 Å². The van der Waals surface area contributed by atoms with E-state index in [1.54, 1.807) is 0 Å². The van der Waals surface area contributed by atoms with Gasteiger partial charge in [-0.2, -0.15) is 0 Å². The number of pyridine rings is 1. The second-order valence-corrected chi connectivity index (χ2v) is 8.65. The highest BCUT2D eigenvalue weighted by molar-refractivity contribution is 6.35. The first-order valence-electron chi connectivity index (χ1n) is 9.71. The number of rotatable bonds is 5. The van der Waals surface area contributed by atoms with Gasteiger partial charge in [-0.15, -0.1) is 0 Å². The van der Waals surface area contributed by atoms with Crippen molar-refractivity contribution in [2.75, 3.05) is 23.3 Å². The van der Waals surface area contributed by atoms with E-state index in [2.05, 4.69) is 27.3 Å². The van der Waals surface area contributed by atoms with Crippen LogP contribution in [-0.2, 0) is 0 Å². The van der Waals surface area contributed by atoms with Crippen molar-refractivity contribution in [3.05, 3.63) is 87.6 Å². The van der Waals surface area contributed by atoms with E-state index < -0.39 is 0 Å². The molecule has 150 valence electrons. The van der Waals surface area contributed by atoms with Gasteiger partial charge in [0.2, 0.25) is 0 Å². The molecule has 0 bridgehead atoms. The molecule has 6 heteroatoms. The smallest absolute Gasteiger partial charge is 0.0557 e. The van der Waals surface area contributed by atoms with Crippen LogP contribution < -0.4 is 10.2 Å². The molecule has 3 aromatic rings. The fourth-order valence-electron chi connectivity index (χ4n) is 3.96. The molecule has 1 aromatic heterocycles. The molecule has 2 atom stereocenters. The molecule has 0 radical (unpaired) electrons. The normalized spacial score (nSPS) is 19.2. The predicted octanol–water partition coefficient (Wildman–Crippen LogP) is 7.11. The van der Waals surface area contributed by atoms with Crippen LogP contribution >= 0.6 is 34.8 Å². The number of nitrogens with one attached hydrogen (secondary N) is 1. The highest BCUT2D eigenvalue weighted by Gasteiger charge is 2.30. The molecule has 0 spiro atoms. The summed E-state index contributed by atoms with van der Waals surface area (Å²) in [6.07, 6.45) is 5.75. The Bertz CT molecular complexity index is 947. The summed E-state index contributed by atoms with van der Waals surface area (Å²) in [7, 11) is 0. The minimum Gasteiger partial charge on any atom is -0.385 e.